The molecule has 0 heterocycles. The molecule has 0 bridgehead atoms. The van der Waals surface area contributed by atoms with Crippen LogP contribution in [0.25, 0.3) is 0 Å². The lowest BCUT2D eigenvalue weighted by atomic mass is 9.97. The highest BCUT2D eigenvalue weighted by atomic mass is 79.9. The standard InChI is InChI=1S/C14H13BrClFN2/c1-8-2-5-13(17)11(6-8)14(19-18)10-7-9(16)3-4-12(10)15/h2-7,14,19H,18H2,1H3. The van der Waals surface area contributed by atoms with Gasteiger partial charge in [0.1, 0.15) is 5.82 Å². The van der Waals surface area contributed by atoms with Crippen LogP contribution in [-0.2, 0) is 0 Å². The Labute approximate surface area is 124 Å². The molecule has 2 nitrogen and oxygen atoms in total. The third-order valence-electron chi connectivity index (χ3n) is 2.90. The fourth-order valence-electron chi connectivity index (χ4n) is 1.97. The molecule has 0 aliphatic rings. The van der Waals surface area contributed by atoms with E-state index in [0.717, 1.165) is 15.6 Å². The number of nitrogens with two attached hydrogens (primary N) is 1. The summed E-state index contributed by atoms with van der Waals surface area (Å²) in [7, 11) is 0. The Balaban J connectivity index is 2.55. The van der Waals surface area contributed by atoms with Gasteiger partial charge in [-0.15, -0.1) is 0 Å². The molecule has 5 heteroatoms. The molecule has 100 valence electrons. The maximum absolute atomic E-state index is 14.0. The van der Waals surface area contributed by atoms with Gasteiger partial charge in [0.25, 0.3) is 0 Å². The van der Waals surface area contributed by atoms with E-state index in [4.69, 9.17) is 17.4 Å². The Kier molecular flexibility index (Phi) is 4.58. The molecule has 0 spiro atoms. The van der Waals surface area contributed by atoms with Crippen molar-refractivity contribution in [1.29, 1.82) is 0 Å². The van der Waals surface area contributed by atoms with Crippen LogP contribution in [0.15, 0.2) is 40.9 Å². The zero-order valence-electron chi connectivity index (χ0n) is 10.3. The highest BCUT2D eigenvalue weighted by molar-refractivity contribution is 9.10. The predicted octanol–water partition coefficient (Wildman–Crippen LogP) is 4.10. The minimum Gasteiger partial charge on any atom is -0.271 e. The number of halogens is 3. The van der Waals surface area contributed by atoms with E-state index >= 15 is 0 Å². The second-order valence-corrected chi connectivity index (χ2v) is 5.58. The van der Waals surface area contributed by atoms with Crippen LogP contribution in [0.2, 0.25) is 5.02 Å². The zero-order chi connectivity index (χ0) is 14.0. The number of benzene rings is 2. The highest BCUT2D eigenvalue weighted by Crippen LogP contribution is 2.32. The lowest BCUT2D eigenvalue weighted by molar-refractivity contribution is 0.558. The Morgan fingerprint density at radius 3 is 2.63 bits per heavy atom. The number of hydrogen-bond acceptors (Lipinski definition) is 2. The molecule has 0 saturated carbocycles. The third kappa shape index (κ3) is 3.15. The van der Waals surface area contributed by atoms with Crippen LogP contribution in [0.4, 0.5) is 4.39 Å². The summed E-state index contributed by atoms with van der Waals surface area (Å²) in [4.78, 5) is 0. The third-order valence-corrected chi connectivity index (χ3v) is 3.86. The van der Waals surface area contributed by atoms with Crippen molar-refractivity contribution in [2.45, 2.75) is 13.0 Å². The van der Waals surface area contributed by atoms with Gasteiger partial charge in [0.05, 0.1) is 6.04 Å². The zero-order valence-corrected chi connectivity index (χ0v) is 12.6. The van der Waals surface area contributed by atoms with Crippen LogP contribution in [0, 0.1) is 12.7 Å². The lowest BCUT2D eigenvalue weighted by Gasteiger charge is -2.19. The van der Waals surface area contributed by atoms with Gasteiger partial charge in [-0.05, 0) is 36.8 Å². The molecule has 0 fully saturated rings. The van der Waals surface area contributed by atoms with Crippen LogP contribution in [0.5, 0.6) is 0 Å². The van der Waals surface area contributed by atoms with Crippen LogP contribution < -0.4 is 11.3 Å². The molecule has 0 saturated heterocycles. The quantitative estimate of drug-likeness (QED) is 0.650. The molecular weight excluding hydrogens is 331 g/mol. The molecule has 2 aromatic carbocycles. The van der Waals surface area contributed by atoms with E-state index < -0.39 is 6.04 Å². The summed E-state index contributed by atoms with van der Waals surface area (Å²) in [6.45, 7) is 1.91. The minimum atomic E-state index is -0.465. The molecule has 3 N–H and O–H groups in total. The van der Waals surface area contributed by atoms with E-state index in [1.165, 1.54) is 6.07 Å². The van der Waals surface area contributed by atoms with Crippen LogP contribution >= 0.6 is 27.5 Å². The maximum Gasteiger partial charge on any atom is 0.128 e. The Morgan fingerprint density at radius 2 is 1.95 bits per heavy atom. The van der Waals surface area contributed by atoms with Gasteiger partial charge >= 0.3 is 0 Å². The van der Waals surface area contributed by atoms with Gasteiger partial charge in [-0.2, -0.15) is 0 Å². The molecule has 0 radical (unpaired) electrons. The van der Waals surface area contributed by atoms with Crippen LogP contribution in [0.1, 0.15) is 22.7 Å². The smallest absolute Gasteiger partial charge is 0.128 e. The SMILES string of the molecule is Cc1ccc(F)c(C(NN)c2cc(Cl)ccc2Br)c1. The van der Waals surface area contributed by atoms with Gasteiger partial charge < -0.3 is 0 Å². The molecule has 2 rings (SSSR count). The van der Waals surface area contributed by atoms with E-state index in [2.05, 4.69) is 21.4 Å². The normalized spacial score (nSPS) is 12.5. The van der Waals surface area contributed by atoms with Crippen LogP contribution in [-0.4, -0.2) is 0 Å². The summed E-state index contributed by atoms with van der Waals surface area (Å²) in [5.41, 5.74) is 4.89. The average Bonchev–Trinajstić information content (AvgIpc) is 2.38. The largest absolute Gasteiger partial charge is 0.271 e. The second kappa shape index (κ2) is 6.01. The minimum absolute atomic E-state index is 0.305. The van der Waals surface area contributed by atoms with E-state index in [0.29, 0.717) is 10.6 Å². The average molecular weight is 344 g/mol. The Hall–Kier alpha value is -0.940. The number of aryl methyl sites for hydroxylation is 1. The van der Waals surface area contributed by atoms with Gasteiger partial charge in [0, 0.05) is 15.1 Å². The summed E-state index contributed by atoms with van der Waals surface area (Å²) in [6, 6.07) is 9.80. The van der Waals surface area contributed by atoms with Gasteiger partial charge in [-0.25, -0.2) is 9.82 Å². The van der Waals surface area contributed by atoms with E-state index in [1.54, 1.807) is 24.3 Å². The van der Waals surface area contributed by atoms with E-state index in [1.807, 2.05) is 13.0 Å². The summed E-state index contributed by atoms with van der Waals surface area (Å²) in [6.07, 6.45) is 0. The molecule has 1 unspecified atom stereocenters. The summed E-state index contributed by atoms with van der Waals surface area (Å²) < 4.78 is 14.8. The Morgan fingerprint density at radius 1 is 1.21 bits per heavy atom. The number of rotatable bonds is 3. The van der Waals surface area contributed by atoms with Crippen molar-refractivity contribution < 1.29 is 4.39 Å². The number of nitrogens with one attached hydrogen (secondary N) is 1. The molecule has 0 amide bonds. The highest BCUT2D eigenvalue weighted by Gasteiger charge is 2.19. The van der Waals surface area contributed by atoms with Gasteiger partial charge in [-0.1, -0.05) is 45.2 Å². The van der Waals surface area contributed by atoms with Gasteiger partial charge in [0.15, 0.2) is 0 Å². The number of hydrogen-bond donors (Lipinski definition) is 2. The summed E-state index contributed by atoms with van der Waals surface area (Å²) >= 11 is 9.43. The second-order valence-electron chi connectivity index (χ2n) is 4.29. The first-order chi connectivity index (χ1) is 9.02. The van der Waals surface area contributed by atoms with Crippen molar-refractivity contribution in [3.63, 3.8) is 0 Å². The maximum atomic E-state index is 14.0. The summed E-state index contributed by atoms with van der Waals surface area (Å²) in [5.74, 6) is 5.29. The van der Waals surface area contributed by atoms with Crippen molar-refractivity contribution in [2.24, 2.45) is 5.84 Å². The number of hydrazine groups is 1. The van der Waals surface area contributed by atoms with Gasteiger partial charge in [0.2, 0.25) is 0 Å². The molecular formula is C14H13BrClFN2. The fourth-order valence-corrected chi connectivity index (χ4v) is 2.62. The van der Waals surface area contributed by atoms with Crippen molar-refractivity contribution in [2.75, 3.05) is 0 Å². The fraction of sp³-hybridized carbons (Fsp3) is 0.143. The van der Waals surface area contributed by atoms with Crippen molar-refractivity contribution >= 4 is 27.5 Å². The first-order valence-electron chi connectivity index (χ1n) is 5.70. The first kappa shape index (κ1) is 14.5. The summed E-state index contributed by atoms with van der Waals surface area (Å²) in [5, 5.41) is 0.575. The lowest BCUT2D eigenvalue weighted by Crippen LogP contribution is -2.30. The molecule has 0 aliphatic carbocycles. The molecule has 2 aromatic rings. The molecule has 1 atom stereocenters. The topological polar surface area (TPSA) is 38.0 Å². The van der Waals surface area contributed by atoms with Crippen molar-refractivity contribution in [3.05, 3.63) is 68.4 Å². The Bertz CT molecular complexity index is 552. The molecule has 19 heavy (non-hydrogen) atoms. The monoisotopic (exact) mass is 342 g/mol. The molecule has 0 aromatic heterocycles. The van der Waals surface area contributed by atoms with E-state index in [9.17, 15) is 4.39 Å². The van der Waals surface area contributed by atoms with Crippen molar-refractivity contribution in [1.82, 2.24) is 5.43 Å². The van der Waals surface area contributed by atoms with Gasteiger partial charge in [-0.3, -0.25) is 5.84 Å². The van der Waals surface area contributed by atoms with Crippen LogP contribution in [0.3, 0.4) is 0 Å². The molecule has 0 aliphatic heterocycles. The predicted molar refractivity (Wildman–Crippen MR) is 79.5 cm³/mol. The van der Waals surface area contributed by atoms with Crippen molar-refractivity contribution in [3.8, 4) is 0 Å². The first-order valence-corrected chi connectivity index (χ1v) is 6.87. The van der Waals surface area contributed by atoms with E-state index in [-0.39, 0.29) is 5.82 Å².